The number of benzene rings is 3. The van der Waals surface area contributed by atoms with Gasteiger partial charge in [0.15, 0.2) is 0 Å². The van der Waals surface area contributed by atoms with Crippen LogP contribution < -0.4 is 4.74 Å². The summed E-state index contributed by atoms with van der Waals surface area (Å²) < 4.78 is 23.7. The summed E-state index contributed by atoms with van der Waals surface area (Å²) in [4.78, 5) is 11.3. The molecule has 0 N–H and O–H groups in total. The van der Waals surface area contributed by atoms with Crippen LogP contribution in [0.15, 0.2) is 79.4 Å². The highest BCUT2D eigenvalue weighted by Crippen LogP contribution is 2.33. The van der Waals surface area contributed by atoms with E-state index in [0.717, 1.165) is 51.7 Å². The SMILES string of the molecule is CC(C)(C)N1CC(n2cc(-c3ccc4ncnc(Oc5ccc6c(cnn6Cc6cccc(F)c6)c5)c4c3)nn2)C1. The Balaban J connectivity index is 1.13. The smallest absolute Gasteiger partial charge is 0.230 e. The molecule has 10 heteroatoms. The largest absolute Gasteiger partial charge is 0.438 e. The van der Waals surface area contributed by atoms with Crippen LogP contribution in [0.25, 0.3) is 33.1 Å². The van der Waals surface area contributed by atoms with Crippen molar-refractivity contribution in [2.24, 2.45) is 0 Å². The molecular weight excluding hydrogens is 519 g/mol. The third-order valence-electron chi connectivity index (χ3n) is 7.64. The van der Waals surface area contributed by atoms with Gasteiger partial charge in [-0.25, -0.2) is 19.0 Å². The van der Waals surface area contributed by atoms with E-state index in [1.54, 1.807) is 12.3 Å². The quantitative estimate of drug-likeness (QED) is 0.257. The first-order valence-corrected chi connectivity index (χ1v) is 13.6. The molecule has 7 rings (SSSR count). The van der Waals surface area contributed by atoms with Crippen LogP contribution in [0.5, 0.6) is 11.6 Å². The molecule has 4 heterocycles. The van der Waals surface area contributed by atoms with Crippen LogP contribution in [0, 0.1) is 5.82 Å². The molecule has 41 heavy (non-hydrogen) atoms. The normalized spacial score (nSPS) is 14.5. The Hall–Kier alpha value is -4.70. The molecule has 206 valence electrons. The fourth-order valence-corrected chi connectivity index (χ4v) is 5.21. The van der Waals surface area contributed by atoms with Crippen LogP contribution in [0.2, 0.25) is 0 Å². The lowest BCUT2D eigenvalue weighted by Crippen LogP contribution is -2.56. The van der Waals surface area contributed by atoms with E-state index < -0.39 is 0 Å². The number of fused-ring (bicyclic) bond motifs is 2. The van der Waals surface area contributed by atoms with Gasteiger partial charge in [0.2, 0.25) is 5.88 Å². The van der Waals surface area contributed by atoms with Crippen molar-refractivity contribution in [3.8, 4) is 22.9 Å². The molecule has 1 saturated heterocycles. The number of halogens is 1. The Kier molecular flexibility index (Phi) is 6.01. The molecule has 0 aliphatic carbocycles. The summed E-state index contributed by atoms with van der Waals surface area (Å²) in [6.45, 7) is 9.09. The van der Waals surface area contributed by atoms with Crippen molar-refractivity contribution < 1.29 is 9.13 Å². The highest BCUT2D eigenvalue weighted by molar-refractivity contribution is 5.88. The monoisotopic (exact) mass is 548 g/mol. The predicted molar refractivity (Wildman–Crippen MR) is 154 cm³/mol. The number of rotatable bonds is 6. The van der Waals surface area contributed by atoms with Gasteiger partial charge < -0.3 is 4.74 Å². The molecule has 1 aliphatic heterocycles. The average molecular weight is 549 g/mol. The Morgan fingerprint density at radius 3 is 2.71 bits per heavy atom. The maximum atomic E-state index is 13.6. The highest BCUT2D eigenvalue weighted by atomic mass is 19.1. The predicted octanol–water partition coefficient (Wildman–Crippen LogP) is 5.87. The molecular formula is C31H29FN8O. The number of ether oxygens (including phenoxy) is 1. The van der Waals surface area contributed by atoms with Crippen LogP contribution in [-0.2, 0) is 6.54 Å². The van der Waals surface area contributed by atoms with Crippen LogP contribution in [0.1, 0.15) is 32.4 Å². The first-order valence-electron chi connectivity index (χ1n) is 13.6. The fourth-order valence-electron chi connectivity index (χ4n) is 5.21. The molecule has 9 nitrogen and oxygen atoms in total. The second-order valence-electron chi connectivity index (χ2n) is 11.5. The summed E-state index contributed by atoms with van der Waals surface area (Å²) >= 11 is 0. The second-order valence-corrected chi connectivity index (χ2v) is 11.5. The Bertz CT molecular complexity index is 1880. The van der Waals surface area contributed by atoms with Gasteiger partial charge in [0.1, 0.15) is 23.6 Å². The number of hydrogen-bond donors (Lipinski definition) is 0. The molecule has 3 aromatic carbocycles. The molecule has 0 radical (unpaired) electrons. The lowest BCUT2D eigenvalue weighted by Gasteiger charge is -2.47. The van der Waals surface area contributed by atoms with Crippen molar-refractivity contribution in [1.29, 1.82) is 0 Å². The highest BCUT2D eigenvalue weighted by Gasteiger charge is 2.36. The van der Waals surface area contributed by atoms with Gasteiger partial charge in [0, 0.05) is 29.6 Å². The summed E-state index contributed by atoms with van der Waals surface area (Å²) in [6.07, 6.45) is 5.29. The van der Waals surface area contributed by atoms with Crippen molar-refractivity contribution in [2.75, 3.05) is 13.1 Å². The molecule has 1 aliphatic rings. The second kappa shape index (κ2) is 9.74. The topological polar surface area (TPSA) is 86.8 Å². The molecule has 0 saturated carbocycles. The zero-order valence-corrected chi connectivity index (χ0v) is 23.1. The lowest BCUT2D eigenvalue weighted by atomic mass is 9.98. The van der Waals surface area contributed by atoms with E-state index in [1.165, 1.54) is 18.5 Å². The zero-order chi connectivity index (χ0) is 28.1. The molecule has 0 amide bonds. The van der Waals surface area contributed by atoms with E-state index >= 15 is 0 Å². The molecule has 0 atom stereocenters. The Morgan fingerprint density at radius 2 is 1.88 bits per heavy atom. The van der Waals surface area contributed by atoms with Crippen molar-refractivity contribution in [2.45, 2.75) is 38.9 Å². The summed E-state index contributed by atoms with van der Waals surface area (Å²) in [6, 6.07) is 18.6. The van der Waals surface area contributed by atoms with Gasteiger partial charge >= 0.3 is 0 Å². The number of nitrogens with zero attached hydrogens (tertiary/aromatic N) is 8. The van der Waals surface area contributed by atoms with Crippen LogP contribution in [0.4, 0.5) is 4.39 Å². The van der Waals surface area contributed by atoms with Crippen LogP contribution >= 0.6 is 0 Å². The zero-order valence-electron chi connectivity index (χ0n) is 23.1. The average Bonchev–Trinajstić information content (AvgIpc) is 3.55. The first kappa shape index (κ1) is 25.3. The van der Waals surface area contributed by atoms with Crippen molar-refractivity contribution >= 4 is 21.8 Å². The third kappa shape index (κ3) is 4.91. The summed E-state index contributed by atoms with van der Waals surface area (Å²) in [5, 5.41) is 15.1. The van der Waals surface area contributed by atoms with Gasteiger partial charge in [-0.3, -0.25) is 9.58 Å². The van der Waals surface area contributed by atoms with Crippen molar-refractivity contribution in [1.82, 2.24) is 39.6 Å². The van der Waals surface area contributed by atoms with Gasteiger partial charge in [0.25, 0.3) is 0 Å². The molecule has 0 bridgehead atoms. The van der Waals surface area contributed by atoms with E-state index in [2.05, 4.69) is 51.0 Å². The Morgan fingerprint density at radius 1 is 1.00 bits per heavy atom. The van der Waals surface area contributed by atoms with Crippen LogP contribution in [0.3, 0.4) is 0 Å². The minimum absolute atomic E-state index is 0.155. The summed E-state index contributed by atoms with van der Waals surface area (Å²) in [7, 11) is 0. The van der Waals surface area contributed by atoms with Gasteiger partial charge in [-0.15, -0.1) is 5.10 Å². The summed E-state index contributed by atoms with van der Waals surface area (Å²) in [5.74, 6) is 0.827. The van der Waals surface area contributed by atoms with Crippen molar-refractivity contribution in [3.05, 3.63) is 90.8 Å². The minimum Gasteiger partial charge on any atom is -0.438 e. The first-order chi connectivity index (χ1) is 19.8. The molecule has 0 unspecified atom stereocenters. The molecule has 3 aromatic heterocycles. The number of aromatic nitrogens is 7. The molecule has 6 aromatic rings. The van der Waals surface area contributed by atoms with Gasteiger partial charge in [0.05, 0.1) is 41.4 Å². The lowest BCUT2D eigenvalue weighted by molar-refractivity contribution is 0.0148. The maximum absolute atomic E-state index is 13.6. The minimum atomic E-state index is -0.259. The van der Waals surface area contributed by atoms with E-state index in [4.69, 9.17) is 4.74 Å². The van der Waals surface area contributed by atoms with Gasteiger partial charge in [-0.05, 0) is 68.8 Å². The van der Waals surface area contributed by atoms with Gasteiger partial charge in [-0.1, -0.05) is 23.4 Å². The molecule has 1 fully saturated rings. The fraction of sp³-hybridized carbons (Fsp3) is 0.258. The number of likely N-dealkylation sites (tertiary alicyclic amines) is 1. The molecule has 0 spiro atoms. The standard InChI is InChI=1S/C31H29FN8O/c1-31(2,3)38-16-24(17-38)39-18-28(36-37-39)21-7-9-27-26(13-21)30(34-19-33-27)41-25-8-10-29-22(12-25)14-35-40(29)15-20-5-4-6-23(32)11-20/h4-14,18-19,24H,15-17H2,1-3H3. The third-order valence-corrected chi connectivity index (χ3v) is 7.64. The Labute approximate surface area is 236 Å². The number of hydrogen-bond acceptors (Lipinski definition) is 7. The van der Waals surface area contributed by atoms with Crippen LogP contribution in [-0.4, -0.2) is 58.3 Å². The summed E-state index contributed by atoms with van der Waals surface area (Å²) in [5.41, 5.74) is 4.42. The van der Waals surface area contributed by atoms with E-state index in [1.807, 2.05) is 58.0 Å². The van der Waals surface area contributed by atoms with Gasteiger partial charge in [-0.2, -0.15) is 5.10 Å². The maximum Gasteiger partial charge on any atom is 0.230 e. The van der Waals surface area contributed by atoms with E-state index in [-0.39, 0.29) is 11.4 Å². The van der Waals surface area contributed by atoms with E-state index in [0.29, 0.717) is 24.2 Å². The van der Waals surface area contributed by atoms with Crippen molar-refractivity contribution in [3.63, 3.8) is 0 Å². The van der Waals surface area contributed by atoms with E-state index in [9.17, 15) is 4.39 Å².